The second kappa shape index (κ2) is 17.2. The third-order valence-electron chi connectivity index (χ3n) is 15.2. The molecule has 0 saturated carbocycles. The fourth-order valence-corrected chi connectivity index (χ4v) is 12.0. The summed E-state index contributed by atoms with van der Waals surface area (Å²) in [5, 5.41) is -0.234. The van der Waals surface area contributed by atoms with Crippen molar-refractivity contribution in [3.05, 3.63) is 285 Å². The van der Waals surface area contributed by atoms with E-state index < -0.39 is 103 Å². The van der Waals surface area contributed by atoms with Crippen LogP contribution in [-0.4, -0.2) is 15.8 Å². The van der Waals surface area contributed by atoms with Crippen LogP contribution in [0.1, 0.15) is 21.9 Å². The summed E-state index contributed by atoms with van der Waals surface area (Å²) in [4.78, 5) is 4.42. The maximum absolute atomic E-state index is 9.54. The summed E-state index contributed by atoms with van der Waals surface area (Å²) in [5.41, 5.74) is 12.4. The Morgan fingerprint density at radius 1 is 0.286 bits per heavy atom. The smallest absolute Gasteiger partial charge is 0.252 e. The van der Waals surface area contributed by atoms with Gasteiger partial charge in [-0.3, -0.25) is 0 Å². The van der Waals surface area contributed by atoms with E-state index in [1.165, 1.54) is 9.13 Å². The summed E-state index contributed by atoms with van der Waals surface area (Å²) < 4.78 is 150. The van der Waals surface area contributed by atoms with Crippen molar-refractivity contribution in [3.8, 4) is 44.8 Å². The van der Waals surface area contributed by atoms with E-state index in [2.05, 4.69) is 46.2 Å². The Morgan fingerprint density at radius 2 is 0.636 bits per heavy atom. The fraction of sp³-hybridized carbons (Fsp3) is 0. The molecule has 0 bridgehead atoms. The highest BCUT2D eigenvalue weighted by Crippen LogP contribution is 2.50. The van der Waals surface area contributed by atoms with E-state index >= 15 is 0 Å². The maximum atomic E-state index is 9.54. The molecule has 0 saturated heterocycles. The molecule has 0 fully saturated rings. The minimum atomic E-state index is -0.659. The zero-order chi connectivity index (χ0) is 64.5. The highest BCUT2D eigenvalue weighted by Gasteiger charge is 2.45. The van der Waals surface area contributed by atoms with Gasteiger partial charge in [0.15, 0.2) is 0 Å². The predicted molar refractivity (Wildman–Crippen MR) is 325 cm³/mol. The highest BCUT2D eigenvalue weighted by atomic mass is 15.2. The van der Waals surface area contributed by atoms with Gasteiger partial charge in [0, 0.05) is 66.8 Å². The van der Waals surface area contributed by atoms with Crippen LogP contribution < -0.4 is 26.2 Å². The lowest BCUT2D eigenvalue weighted by Gasteiger charge is -2.45. The Hall–Kier alpha value is -10.1. The second-order valence-electron chi connectivity index (χ2n) is 19.2. The van der Waals surface area contributed by atoms with Crippen molar-refractivity contribution >= 4 is 101 Å². The fourth-order valence-electron chi connectivity index (χ4n) is 12.0. The molecule has 0 spiro atoms. The lowest BCUT2D eigenvalue weighted by molar-refractivity contribution is 1.17. The Labute approximate surface area is 469 Å². The zero-order valence-electron chi connectivity index (χ0n) is 56.8. The minimum Gasteiger partial charge on any atom is -0.311 e. The normalized spacial score (nSPS) is 15.5. The average Bonchev–Trinajstić information content (AvgIpc) is 1.39. The van der Waals surface area contributed by atoms with Gasteiger partial charge in [0.05, 0.1) is 55.4 Å². The van der Waals surface area contributed by atoms with Gasteiger partial charge in [-0.15, -0.1) is 0 Å². The number of benzene rings is 12. The molecule has 0 unspecified atom stereocenters. The predicted octanol–water partition coefficient (Wildman–Crippen LogP) is 17.0. The Bertz CT molecular complexity index is 5150. The van der Waals surface area contributed by atoms with Gasteiger partial charge in [-0.1, -0.05) is 212 Å². The van der Waals surface area contributed by atoms with Gasteiger partial charge in [0.25, 0.3) is 6.71 Å². The molecule has 0 atom stereocenters. The first kappa shape index (κ1) is 30.3. The third-order valence-corrected chi connectivity index (χ3v) is 15.2. The van der Waals surface area contributed by atoms with Crippen LogP contribution >= 0.6 is 0 Å². The van der Waals surface area contributed by atoms with E-state index in [0.29, 0.717) is 22.7 Å². The molecular weight excluding hydrogens is 932 g/mol. The lowest BCUT2D eigenvalue weighted by Crippen LogP contribution is -2.61. The van der Waals surface area contributed by atoms with Crippen LogP contribution in [0.2, 0.25) is 0 Å². The van der Waals surface area contributed by atoms with Crippen LogP contribution in [0.4, 0.5) is 34.1 Å². The molecule has 0 aliphatic carbocycles. The molecule has 2 aromatic heterocycles. The maximum Gasteiger partial charge on any atom is 0.252 e. The van der Waals surface area contributed by atoms with E-state index in [9.17, 15) is 11.0 Å². The largest absolute Gasteiger partial charge is 0.311 e. The Kier molecular flexibility index (Phi) is 6.79. The zero-order valence-corrected chi connectivity index (χ0v) is 40.8. The monoisotopic (exact) mass is 994 g/mol. The van der Waals surface area contributed by atoms with Gasteiger partial charge >= 0.3 is 0 Å². The van der Waals surface area contributed by atoms with E-state index in [4.69, 9.17) is 11.0 Å². The molecule has 77 heavy (non-hydrogen) atoms. The van der Waals surface area contributed by atoms with Crippen molar-refractivity contribution < 1.29 is 21.9 Å². The summed E-state index contributed by atoms with van der Waals surface area (Å²) in [6, 6.07) is 53.9. The first-order chi connectivity index (χ1) is 44.9. The average molecular weight is 995 g/mol. The summed E-state index contributed by atoms with van der Waals surface area (Å²) in [7, 11) is 0. The van der Waals surface area contributed by atoms with E-state index in [1.807, 2.05) is 152 Å². The van der Waals surface area contributed by atoms with Crippen molar-refractivity contribution in [3.63, 3.8) is 0 Å². The summed E-state index contributed by atoms with van der Waals surface area (Å²) in [6.07, 6.45) is 0. The van der Waals surface area contributed by atoms with Gasteiger partial charge in [0.2, 0.25) is 0 Å². The van der Waals surface area contributed by atoms with E-state index in [0.717, 1.165) is 72.5 Å². The number of aromatic nitrogens is 2. The first-order valence-electron chi connectivity index (χ1n) is 33.3. The van der Waals surface area contributed by atoms with Crippen LogP contribution in [-0.2, 0) is 0 Å². The first-order valence-corrected chi connectivity index (χ1v) is 25.3. The molecule has 0 radical (unpaired) electrons. The standard InChI is InChI=1S/C72H47BN4/c1-4-22-48(23-5-1)51-44-70-72-71(45-51)77(63-35-17-11-29-55(63)50-26-8-3-9-27-50)69-47-53(75-66-38-20-14-32-58(66)59-33-15-21-39-67(59)75)41-43-61(69)73(72)60-42-40-52(74-64-36-18-12-30-56(64)57-31-13-19-37-65(57)74)46-68(60)76(70)62-34-16-10-28-54(62)49-24-6-2-7-25-49/h1-47H/i12D,13D,14D,15D,18D,19D,20D,21D,30D,31D,32D,33D,36D,37D,38D,39D. The van der Waals surface area contributed by atoms with Crippen LogP contribution in [0.3, 0.4) is 0 Å². The molecule has 12 aromatic carbocycles. The van der Waals surface area contributed by atoms with E-state index in [1.54, 1.807) is 0 Å². The van der Waals surface area contributed by atoms with Crippen LogP contribution in [0.15, 0.2) is 285 Å². The van der Waals surface area contributed by atoms with Gasteiger partial charge in [-0.05, 0) is 111 Å². The number of hydrogen-bond acceptors (Lipinski definition) is 2. The summed E-state index contributed by atoms with van der Waals surface area (Å²) >= 11 is 0. The highest BCUT2D eigenvalue weighted by molar-refractivity contribution is 7.00. The topological polar surface area (TPSA) is 16.3 Å². The molecule has 2 aliphatic rings. The molecular formula is C72H47BN4. The molecule has 2 aliphatic heterocycles. The number of nitrogens with zero attached hydrogens (tertiary/aromatic N) is 4. The van der Waals surface area contributed by atoms with Gasteiger partial charge in [-0.2, -0.15) is 0 Å². The summed E-state index contributed by atoms with van der Waals surface area (Å²) in [6.45, 7) is -0.659. The molecule has 14 aromatic rings. The Balaban J connectivity index is 1.08. The molecule has 0 amide bonds. The van der Waals surface area contributed by atoms with Crippen molar-refractivity contribution in [2.45, 2.75) is 0 Å². The third kappa shape index (κ3) is 6.60. The van der Waals surface area contributed by atoms with E-state index in [-0.39, 0.29) is 43.6 Å². The summed E-state index contributed by atoms with van der Waals surface area (Å²) in [5.74, 6) is 0. The lowest BCUT2D eigenvalue weighted by atomic mass is 9.33. The molecule has 4 heterocycles. The van der Waals surface area contributed by atoms with Crippen molar-refractivity contribution in [2.75, 3.05) is 9.80 Å². The number of hydrogen-bond donors (Lipinski definition) is 0. The molecule has 5 heteroatoms. The number of fused-ring (bicyclic) bond motifs is 10. The van der Waals surface area contributed by atoms with Gasteiger partial charge in [0.1, 0.15) is 0 Å². The van der Waals surface area contributed by atoms with Crippen LogP contribution in [0.25, 0.3) is 88.4 Å². The Morgan fingerprint density at radius 3 is 1.04 bits per heavy atom. The molecule has 16 rings (SSSR count). The number of para-hydroxylation sites is 6. The SMILES string of the molecule is [2H]c1c([2H])c([2H])c2c(c1[2H])c1c([2H])c([2H])c([2H])c([2H])c1n2-c1ccc2c(c1)N(c1ccccc1-c1ccccc1)c1cc(-c3ccccc3)cc3c1B2c1ccc(-n2c4c([2H])c([2H])c([2H])c([2H])c4c4c([2H])c([2H])c([2H])c([2H])c42)cc1N3c1ccccc1-c1ccccc1. The van der Waals surface area contributed by atoms with Gasteiger partial charge < -0.3 is 18.9 Å². The second-order valence-corrected chi connectivity index (χ2v) is 19.2. The minimum absolute atomic E-state index is 0.0351. The van der Waals surface area contributed by atoms with Crippen molar-refractivity contribution in [1.82, 2.24) is 9.13 Å². The molecule has 4 nitrogen and oxygen atoms in total. The molecule has 358 valence electrons. The van der Waals surface area contributed by atoms with Crippen LogP contribution in [0.5, 0.6) is 0 Å². The quantitative estimate of drug-likeness (QED) is 0.148. The van der Waals surface area contributed by atoms with Gasteiger partial charge in [-0.25, -0.2) is 0 Å². The van der Waals surface area contributed by atoms with Crippen molar-refractivity contribution in [1.29, 1.82) is 0 Å². The number of rotatable bonds is 7. The molecule has 0 N–H and O–H groups in total. The van der Waals surface area contributed by atoms with Crippen LogP contribution in [0, 0.1) is 0 Å². The number of anilines is 6. The van der Waals surface area contributed by atoms with Crippen molar-refractivity contribution in [2.24, 2.45) is 0 Å².